The zero-order valence-electron chi connectivity index (χ0n) is 21.4. The van der Waals surface area contributed by atoms with Crippen LogP contribution >= 0.6 is 0 Å². The lowest BCUT2D eigenvalue weighted by atomic mass is 9.94. The largest absolute Gasteiger partial charge is 0.507 e. The molecule has 1 saturated heterocycles. The van der Waals surface area contributed by atoms with Gasteiger partial charge >= 0.3 is 0 Å². The van der Waals surface area contributed by atoms with Crippen LogP contribution in [0.15, 0.2) is 78.4 Å². The number of amides is 1. The molecule has 4 rings (SSSR count). The number of aliphatic hydroxyl groups is 1. The van der Waals surface area contributed by atoms with Gasteiger partial charge < -0.3 is 14.7 Å². The molecule has 1 aliphatic heterocycles. The van der Waals surface area contributed by atoms with Gasteiger partial charge in [-0.2, -0.15) is 0 Å². The first-order chi connectivity index (χ1) is 17.2. The lowest BCUT2D eigenvalue weighted by molar-refractivity contribution is -0.132. The first kappa shape index (κ1) is 25.0. The molecule has 1 aliphatic rings. The third kappa shape index (κ3) is 4.85. The highest BCUT2D eigenvalue weighted by molar-refractivity contribution is 6.51. The molecule has 0 aliphatic carbocycles. The molecule has 0 saturated carbocycles. The summed E-state index contributed by atoms with van der Waals surface area (Å²) < 4.78 is 5.74. The molecular formula is C30H32N2O4. The monoisotopic (exact) mass is 484 g/mol. The van der Waals surface area contributed by atoms with E-state index in [9.17, 15) is 14.7 Å². The third-order valence-electron chi connectivity index (χ3n) is 6.29. The summed E-state index contributed by atoms with van der Waals surface area (Å²) in [5, 5.41) is 11.3. The van der Waals surface area contributed by atoms with Crippen molar-refractivity contribution >= 4 is 28.8 Å². The van der Waals surface area contributed by atoms with Gasteiger partial charge in [0.05, 0.1) is 17.7 Å². The van der Waals surface area contributed by atoms with E-state index in [4.69, 9.17) is 4.74 Å². The van der Waals surface area contributed by atoms with Crippen LogP contribution in [-0.2, 0) is 16.0 Å². The van der Waals surface area contributed by atoms with E-state index in [1.165, 1.54) is 4.90 Å². The van der Waals surface area contributed by atoms with Crippen LogP contribution in [-0.4, -0.2) is 37.0 Å². The summed E-state index contributed by atoms with van der Waals surface area (Å²) in [4.78, 5) is 30.2. The molecule has 1 unspecified atom stereocenters. The van der Waals surface area contributed by atoms with E-state index in [0.29, 0.717) is 17.0 Å². The number of carbonyl (C=O) groups is 2. The summed E-state index contributed by atoms with van der Waals surface area (Å²) in [7, 11) is 3.89. The molecule has 6 heteroatoms. The van der Waals surface area contributed by atoms with E-state index in [-0.39, 0.29) is 17.4 Å². The first-order valence-corrected chi connectivity index (χ1v) is 12.2. The molecule has 6 nitrogen and oxygen atoms in total. The van der Waals surface area contributed by atoms with E-state index >= 15 is 0 Å². The van der Waals surface area contributed by atoms with Crippen molar-refractivity contribution in [2.45, 2.75) is 39.3 Å². The lowest BCUT2D eigenvalue weighted by Crippen LogP contribution is -2.29. The second-order valence-corrected chi connectivity index (χ2v) is 9.37. The van der Waals surface area contributed by atoms with Gasteiger partial charge in [0.1, 0.15) is 11.5 Å². The topological polar surface area (TPSA) is 70.1 Å². The Morgan fingerprint density at radius 3 is 2.08 bits per heavy atom. The van der Waals surface area contributed by atoms with Crippen molar-refractivity contribution in [2.75, 3.05) is 23.9 Å². The number of rotatable bonds is 7. The number of aliphatic hydroxyl groups excluding tert-OH is 1. The van der Waals surface area contributed by atoms with E-state index in [2.05, 4.69) is 6.92 Å². The van der Waals surface area contributed by atoms with Crippen LogP contribution < -0.4 is 14.5 Å². The van der Waals surface area contributed by atoms with Crippen LogP contribution in [0.1, 0.15) is 43.5 Å². The summed E-state index contributed by atoms with van der Waals surface area (Å²) in [6, 6.07) is 21.4. The highest BCUT2D eigenvalue weighted by Crippen LogP contribution is 2.42. The number of nitrogens with zero attached hydrogens (tertiary/aromatic N) is 2. The van der Waals surface area contributed by atoms with Crippen LogP contribution in [0.3, 0.4) is 0 Å². The van der Waals surface area contributed by atoms with E-state index in [0.717, 1.165) is 23.2 Å². The second kappa shape index (κ2) is 10.3. The summed E-state index contributed by atoms with van der Waals surface area (Å²) >= 11 is 0. The fraction of sp³-hybridized carbons (Fsp3) is 0.267. The maximum absolute atomic E-state index is 13.4. The SMILES string of the molecule is CCc1ccc(/C(O)=C2/C(=O)C(=O)N(c3ccc(OC(C)C)cc3)C2c2ccc(N(C)C)cc2)cc1. The smallest absolute Gasteiger partial charge is 0.300 e. The highest BCUT2D eigenvalue weighted by atomic mass is 16.5. The number of Topliss-reactive ketones (excluding diaryl/α,β-unsaturated/α-hetero) is 1. The minimum absolute atomic E-state index is 0.0133. The Morgan fingerprint density at radius 2 is 1.56 bits per heavy atom. The lowest BCUT2D eigenvalue weighted by Gasteiger charge is -2.26. The van der Waals surface area contributed by atoms with Crippen molar-refractivity contribution in [3.8, 4) is 5.75 Å². The van der Waals surface area contributed by atoms with Gasteiger partial charge in [-0.3, -0.25) is 14.5 Å². The Labute approximate surface area is 212 Å². The van der Waals surface area contributed by atoms with Gasteiger partial charge in [-0.1, -0.05) is 43.3 Å². The van der Waals surface area contributed by atoms with Gasteiger partial charge in [-0.15, -0.1) is 0 Å². The molecule has 0 spiro atoms. The molecule has 0 aromatic heterocycles. The molecule has 1 fully saturated rings. The van der Waals surface area contributed by atoms with Crippen molar-refractivity contribution in [3.05, 3.63) is 95.1 Å². The maximum atomic E-state index is 13.4. The Hall–Kier alpha value is -4.06. The van der Waals surface area contributed by atoms with E-state index in [1.807, 2.05) is 69.2 Å². The summed E-state index contributed by atoms with van der Waals surface area (Å²) in [5.74, 6) is -0.898. The number of hydrogen-bond acceptors (Lipinski definition) is 5. The zero-order chi connectivity index (χ0) is 26.0. The van der Waals surface area contributed by atoms with Gasteiger partial charge in [0.15, 0.2) is 0 Å². The summed E-state index contributed by atoms with van der Waals surface area (Å²) in [5.41, 5.74) is 3.96. The first-order valence-electron chi connectivity index (χ1n) is 12.2. The van der Waals surface area contributed by atoms with Crippen LogP contribution in [0.4, 0.5) is 11.4 Å². The number of hydrogen-bond donors (Lipinski definition) is 1. The van der Waals surface area contributed by atoms with Crippen molar-refractivity contribution < 1.29 is 19.4 Å². The van der Waals surface area contributed by atoms with Crippen LogP contribution in [0, 0.1) is 0 Å². The third-order valence-corrected chi connectivity index (χ3v) is 6.29. The number of ketones is 1. The fourth-order valence-electron chi connectivity index (χ4n) is 4.38. The molecule has 0 bridgehead atoms. The van der Waals surface area contributed by atoms with Crippen molar-refractivity contribution in [1.29, 1.82) is 0 Å². The molecule has 186 valence electrons. The maximum Gasteiger partial charge on any atom is 0.300 e. The Morgan fingerprint density at radius 1 is 0.944 bits per heavy atom. The molecule has 1 N–H and O–H groups in total. The molecule has 1 heterocycles. The standard InChI is InChI=1S/C30H32N2O4/c1-6-20-7-9-22(10-8-20)28(33)26-27(21-11-13-23(14-12-21)31(4)5)32(30(35)29(26)34)24-15-17-25(18-16-24)36-19(2)3/h7-19,27,33H,6H2,1-5H3/b28-26-. The van der Waals surface area contributed by atoms with Crippen molar-refractivity contribution in [2.24, 2.45) is 0 Å². The quantitative estimate of drug-likeness (QED) is 0.264. The minimum Gasteiger partial charge on any atom is -0.507 e. The predicted molar refractivity (Wildman–Crippen MR) is 144 cm³/mol. The van der Waals surface area contributed by atoms with E-state index in [1.54, 1.807) is 36.4 Å². The van der Waals surface area contributed by atoms with Crippen molar-refractivity contribution in [1.82, 2.24) is 0 Å². The summed E-state index contributed by atoms with van der Waals surface area (Å²) in [6.45, 7) is 5.93. The fourth-order valence-corrected chi connectivity index (χ4v) is 4.38. The zero-order valence-corrected chi connectivity index (χ0v) is 21.4. The van der Waals surface area contributed by atoms with Gasteiger partial charge in [0, 0.05) is 31.0 Å². The second-order valence-electron chi connectivity index (χ2n) is 9.37. The minimum atomic E-state index is -0.774. The average molecular weight is 485 g/mol. The molecule has 3 aromatic rings. The Bertz CT molecular complexity index is 1270. The molecular weight excluding hydrogens is 452 g/mol. The molecule has 1 amide bonds. The molecule has 1 atom stereocenters. The number of carbonyl (C=O) groups excluding carboxylic acids is 2. The van der Waals surface area contributed by atoms with Crippen LogP contribution in [0.25, 0.3) is 5.76 Å². The summed E-state index contributed by atoms with van der Waals surface area (Å²) in [6.07, 6.45) is 0.875. The number of benzene rings is 3. The number of anilines is 2. The predicted octanol–water partition coefficient (Wildman–Crippen LogP) is 5.73. The normalized spacial score (nSPS) is 17.1. The van der Waals surface area contributed by atoms with Crippen LogP contribution in [0.2, 0.25) is 0 Å². The van der Waals surface area contributed by atoms with Gasteiger partial charge in [0.2, 0.25) is 0 Å². The Kier molecular flexibility index (Phi) is 7.15. The van der Waals surface area contributed by atoms with Crippen molar-refractivity contribution in [3.63, 3.8) is 0 Å². The average Bonchev–Trinajstić information content (AvgIpc) is 3.14. The molecule has 3 aromatic carbocycles. The van der Waals surface area contributed by atoms with Gasteiger partial charge in [-0.05, 0) is 67.8 Å². The van der Waals surface area contributed by atoms with Crippen LogP contribution in [0.5, 0.6) is 5.75 Å². The Balaban J connectivity index is 1.85. The highest BCUT2D eigenvalue weighted by Gasteiger charge is 2.47. The molecule has 36 heavy (non-hydrogen) atoms. The number of ether oxygens (including phenoxy) is 1. The number of aryl methyl sites for hydroxylation is 1. The molecule has 0 radical (unpaired) electrons. The van der Waals surface area contributed by atoms with Gasteiger partial charge in [-0.25, -0.2) is 0 Å². The van der Waals surface area contributed by atoms with Gasteiger partial charge in [0.25, 0.3) is 11.7 Å². The van der Waals surface area contributed by atoms with E-state index < -0.39 is 17.7 Å².